The fourth-order valence-electron chi connectivity index (χ4n) is 1.32. The third-order valence-corrected chi connectivity index (χ3v) is 2.44. The standard InChI is InChI=1S/C12H24N2O5/c1-3-10(11(15)16)14-12(17)13-6-4-5-7-19-9-8-18-2/h10H,3-9H2,1-2H3,(H,15,16)(H2,13,14,17)/t10-/m1/s1. The predicted molar refractivity (Wildman–Crippen MR) is 70.2 cm³/mol. The number of unbranched alkanes of at least 4 members (excludes halogenated alkanes) is 1. The summed E-state index contributed by atoms with van der Waals surface area (Å²) in [5, 5.41) is 13.8. The molecule has 0 radical (unpaired) electrons. The number of carboxylic acids is 1. The normalized spacial score (nSPS) is 11.9. The Kier molecular flexibility index (Phi) is 10.9. The SMILES string of the molecule is CC[C@@H](NC(=O)NCCCCOCCOC)C(=O)O. The number of hydrogen-bond acceptors (Lipinski definition) is 4. The molecule has 0 aromatic heterocycles. The van der Waals surface area contributed by atoms with Gasteiger partial charge in [-0.25, -0.2) is 9.59 Å². The molecular formula is C12H24N2O5. The Morgan fingerprint density at radius 3 is 2.53 bits per heavy atom. The molecule has 2 amide bonds. The van der Waals surface area contributed by atoms with Gasteiger partial charge in [-0.05, 0) is 19.3 Å². The molecule has 1 atom stereocenters. The van der Waals surface area contributed by atoms with Gasteiger partial charge < -0.3 is 25.2 Å². The second-order valence-electron chi connectivity index (χ2n) is 4.01. The third-order valence-electron chi connectivity index (χ3n) is 2.44. The topological polar surface area (TPSA) is 96.9 Å². The Morgan fingerprint density at radius 1 is 1.21 bits per heavy atom. The fourth-order valence-corrected chi connectivity index (χ4v) is 1.32. The summed E-state index contributed by atoms with van der Waals surface area (Å²) in [4.78, 5) is 22.1. The molecule has 0 saturated carbocycles. The number of nitrogens with one attached hydrogen (secondary N) is 2. The number of aliphatic carboxylic acids is 1. The molecular weight excluding hydrogens is 252 g/mol. The maximum atomic E-state index is 11.4. The summed E-state index contributed by atoms with van der Waals surface area (Å²) in [7, 11) is 1.62. The van der Waals surface area contributed by atoms with E-state index in [-0.39, 0.29) is 0 Å². The Hall–Kier alpha value is -1.34. The van der Waals surface area contributed by atoms with Gasteiger partial charge >= 0.3 is 12.0 Å². The summed E-state index contributed by atoms with van der Waals surface area (Å²) in [5.41, 5.74) is 0. The molecule has 0 bridgehead atoms. The van der Waals surface area contributed by atoms with Crippen LogP contribution in [-0.2, 0) is 14.3 Å². The van der Waals surface area contributed by atoms with Crippen molar-refractivity contribution in [3.8, 4) is 0 Å². The largest absolute Gasteiger partial charge is 0.480 e. The lowest BCUT2D eigenvalue weighted by Crippen LogP contribution is -2.45. The van der Waals surface area contributed by atoms with Crippen LogP contribution in [0.3, 0.4) is 0 Å². The number of carboxylic acid groups (broad SMARTS) is 1. The highest BCUT2D eigenvalue weighted by molar-refractivity contribution is 5.82. The molecule has 0 unspecified atom stereocenters. The van der Waals surface area contributed by atoms with E-state index >= 15 is 0 Å². The van der Waals surface area contributed by atoms with E-state index in [1.165, 1.54) is 0 Å². The average molecular weight is 276 g/mol. The predicted octanol–water partition coefficient (Wildman–Crippen LogP) is 0.592. The Balaban J connectivity index is 3.45. The van der Waals surface area contributed by atoms with Crippen molar-refractivity contribution in [2.24, 2.45) is 0 Å². The quantitative estimate of drug-likeness (QED) is 0.480. The van der Waals surface area contributed by atoms with E-state index in [0.29, 0.717) is 32.8 Å². The summed E-state index contributed by atoms with van der Waals surface area (Å²) < 4.78 is 10.1. The van der Waals surface area contributed by atoms with Crippen LogP contribution in [0.5, 0.6) is 0 Å². The smallest absolute Gasteiger partial charge is 0.326 e. The molecule has 0 aliphatic heterocycles. The van der Waals surface area contributed by atoms with E-state index < -0.39 is 18.0 Å². The number of carbonyl (C=O) groups excluding carboxylic acids is 1. The highest BCUT2D eigenvalue weighted by Crippen LogP contribution is 1.91. The second kappa shape index (κ2) is 11.7. The van der Waals surface area contributed by atoms with E-state index in [2.05, 4.69) is 10.6 Å². The van der Waals surface area contributed by atoms with Crippen LogP contribution < -0.4 is 10.6 Å². The molecule has 0 saturated heterocycles. The highest BCUT2D eigenvalue weighted by atomic mass is 16.5. The average Bonchev–Trinajstić information content (AvgIpc) is 2.38. The van der Waals surface area contributed by atoms with Crippen molar-refractivity contribution >= 4 is 12.0 Å². The number of hydrogen-bond donors (Lipinski definition) is 3. The summed E-state index contributed by atoms with van der Waals surface area (Å²) in [5.74, 6) is -1.02. The molecule has 112 valence electrons. The zero-order chi connectivity index (χ0) is 14.5. The zero-order valence-corrected chi connectivity index (χ0v) is 11.6. The van der Waals surface area contributed by atoms with Crippen LogP contribution in [-0.4, -0.2) is 56.6 Å². The van der Waals surface area contributed by atoms with Crippen molar-refractivity contribution in [3.05, 3.63) is 0 Å². The lowest BCUT2D eigenvalue weighted by atomic mass is 10.2. The van der Waals surface area contributed by atoms with E-state index in [9.17, 15) is 9.59 Å². The van der Waals surface area contributed by atoms with Gasteiger partial charge in [-0.15, -0.1) is 0 Å². The number of rotatable bonds is 11. The molecule has 3 N–H and O–H groups in total. The Morgan fingerprint density at radius 2 is 1.95 bits per heavy atom. The number of amides is 2. The summed E-state index contributed by atoms with van der Waals surface area (Å²) in [6.07, 6.45) is 1.97. The van der Waals surface area contributed by atoms with Gasteiger partial charge in [0.05, 0.1) is 13.2 Å². The fraction of sp³-hybridized carbons (Fsp3) is 0.833. The van der Waals surface area contributed by atoms with Crippen LogP contribution in [0.1, 0.15) is 26.2 Å². The van der Waals surface area contributed by atoms with E-state index in [4.69, 9.17) is 14.6 Å². The first-order valence-corrected chi connectivity index (χ1v) is 6.45. The minimum absolute atomic E-state index is 0.357. The first-order valence-electron chi connectivity index (χ1n) is 6.45. The van der Waals surface area contributed by atoms with Gasteiger partial charge in [0.1, 0.15) is 6.04 Å². The van der Waals surface area contributed by atoms with Gasteiger partial charge in [-0.2, -0.15) is 0 Å². The molecule has 0 heterocycles. The first kappa shape index (κ1) is 17.7. The maximum absolute atomic E-state index is 11.4. The molecule has 7 nitrogen and oxygen atoms in total. The number of ether oxygens (including phenoxy) is 2. The minimum atomic E-state index is -1.02. The highest BCUT2D eigenvalue weighted by Gasteiger charge is 2.16. The monoisotopic (exact) mass is 276 g/mol. The maximum Gasteiger partial charge on any atom is 0.326 e. The molecule has 0 rings (SSSR count). The van der Waals surface area contributed by atoms with Crippen LogP contribution in [0.25, 0.3) is 0 Å². The number of methoxy groups -OCH3 is 1. The lowest BCUT2D eigenvalue weighted by Gasteiger charge is -2.13. The summed E-state index contributed by atoms with van der Waals surface area (Å²) >= 11 is 0. The van der Waals surface area contributed by atoms with Gasteiger partial charge in [-0.1, -0.05) is 6.92 Å². The third kappa shape index (κ3) is 10.3. The Bertz CT molecular complexity index is 261. The minimum Gasteiger partial charge on any atom is -0.480 e. The van der Waals surface area contributed by atoms with Crippen molar-refractivity contribution in [1.29, 1.82) is 0 Å². The number of carbonyl (C=O) groups is 2. The lowest BCUT2D eigenvalue weighted by molar-refractivity contribution is -0.139. The van der Waals surface area contributed by atoms with Gasteiger partial charge in [0, 0.05) is 20.3 Å². The van der Waals surface area contributed by atoms with Gasteiger partial charge in [0.25, 0.3) is 0 Å². The number of urea groups is 1. The summed E-state index contributed by atoms with van der Waals surface area (Å²) in [6, 6.07) is -1.29. The molecule has 19 heavy (non-hydrogen) atoms. The van der Waals surface area contributed by atoms with Gasteiger partial charge in [-0.3, -0.25) is 0 Å². The van der Waals surface area contributed by atoms with Crippen molar-refractivity contribution in [2.45, 2.75) is 32.2 Å². The van der Waals surface area contributed by atoms with Gasteiger partial charge in [0.15, 0.2) is 0 Å². The molecule has 7 heteroatoms. The van der Waals surface area contributed by atoms with Crippen molar-refractivity contribution in [3.63, 3.8) is 0 Å². The van der Waals surface area contributed by atoms with Crippen molar-refractivity contribution < 1.29 is 24.2 Å². The van der Waals surface area contributed by atoms with E-state index in [0.717, 1.165) is 12.8 Å². The summed E-state index contributed by atoms with van der Waals surface area (Å²) in [6.45, 7) is 3.97. The van der Waals surface area contributed by atoms with Crippen LogP contribution in [0.4, 0.5) is 4.79 Å². The first-order chi connectivity index (χ1) is 9.11. The molecule has 0 aliphatic carbocycles. The van der Waals surface area contributed by atoms with Crippen LogP contribution in [0.2, 0.25) is 0 Å². The van der Waals surface area contributed by atoms with Crippen molar-refractivity contribution in [2.75, 3.05) is 33.5 Å². The molecule has 0 aliphatic rings. The zero-order valence-electron chi connectivity index (χ0n) is 11.6. The van der Waals surface area contributed by atoms with Crippen LogP contribution >= 0.6 is 0 Å². The van der Waals surface area contributed by atoms with E-state index in [1.807, 2.05) is 0 Å². The van der Waals surface area contributed by atoms with Gasteiger partial charge in [0.2, 0.25) is 0 Å². The molecule has 0 spiro atoms. The Labute approximate surface area is 113 Å². The molecule has 0 aromatic rings. The second-order valence-corrected chi connectivity index (χ2v) is 4.01. The molecule has 0 fully saturated rings. The van der Waals surface area contributed by atoms with Crippen LogP contribution in [0, 0.1) is 0 Å². The molecule has 0 aromatic carbocycles. The van der Waals surface area contributed by atoms with Crippen LogP contribution in [0.15, 0.2) is 0 Å². The van der Waals surface area contributed by atoms with E-state index in [1.54, 1.807) is 14.0 Å². The van der Waals surface area contributed by atoms with Crippen molar-refractivity contribution in [1.82, 2.24) is 10.6 Å².